The first-order valence-corrected chi connectivity index (χ1v) is 10.6. The minimum atomic E-state index is -3.77. The molecule has 25 heavy (non-hydrogen) atoms. The SMILES string of the molecule is Cc1cc(S(=O)(=O)Nc2ccc(Cl)cc2C(=O)N2CCCC2)c(C)s1. The Balaban J connectivity index is 1.97. The molecule has 1 aliphatic heterocycles. The molecule has 1 fully saturated rings. The van der Waals surface area contributed by atoms with Crippen LogP contribution in [0.4, 0.5) is 5.69 Å². The summed E-state index contributed by atoms with van der Waals surface area (Å²) in [4.78, 5) is 16.3. The van der Waals surface area contributed by atoms with E-state index in [4.69, 9.17) is 11.6 Å². The molecule has 3 rings (SSSR count). The molecule has 2 heterocycles. The molecule has 0 bridgehead atoms. The van der Waals surface area contributed by atoms with Gasteiger partial charge in [0.25, 0.3) is 15.9 Å². The van der Waals surface area contributed by atoms with Gasteiger partial charge >= 0.3 is 0 Å². The van der Waals surface area contributed by atoms with Gasteiger partial charge in [-0.25, -0.2) is 8.42 Å². The number of carbonyl (C=O) groups is 1. The fourth-order valence-corrected chi connectivity index (χ4v) is 5.75. The second kappa shape index (κ2) is 6.97. The zero-order valence-electron chi connectivity index (χ0n) is 14.0. The van der Waals surface area contributed by atoms with Gasteiger partial charge in [-0.3, -0.25) is 9.52 Å². The van der Waals surface area contributed by atoms with Crippen molar-refractivity contribution in [2.24, 2.45) is 0 Å². The van der Waals surface area contributed by atoms with Crippen molar-refractivity contribution in [1.82, 2.24) is 4.90 Å². The lowest BCUT2D eigenvalue weighted by Crippen LogP contribution is -2.29. The molecule has 1 N–H and O–H groups in total. The van der Waals surface area contributed by atoms with Crippen molar-refractivity contribution in [3.05, 3.63) is 44.6 Å². The van der Waals surface area contributed by atoms with Gasteiger partial charge in [-0.15, -0.1) is 11.3 Å². The molecule has 1 aliphatic rings. The minimum absolute atomic E-state index is 0.198. The van der Waals surface area contributed by atoms with E-state index < -0.39 is 10.0 Å². The average Bonchev–Trinajstić information content (AvgIpc) is 3.18. The van der Waals surface area contributed by atoms with Crippen LogP contribution < -0.4 is 4.72 Å². The summed E-state index contributed by atoms with van der Waals surface area (Å²) in [5.41, 5.74) is 0.534. The molecule has 0 atom stereocenters. The number of sulfonamides is 1. The number of hydrogen-bond acceptors (Lipinski definition) is 4. The highest BCUT2D eigenvalue weighted by atomic mass is 35.5. The summed E-state index contributed by atoms with van der Waals surface area (Å²) in [6.07, 6.45) is 1.92. The molecule has 1 saturated heterocycles. The van der Waals surface area contributed by atoms with E-state index in [-0.39, 0.29) is 22.1 Å². The first-order valence-electron chi connectivity index (χ1n) is 7.96. The number of halogens is 1. The molecule has 0 saturated carbocycles. The van der Waals surface area contributed by atoms with E-state index in [1.54, 1.807) is 24.0 Å². The van der Waals surface area contributed by atoms with Gasteiger partial charge in [-0.05, 0) is 51.0 Å². The highest BCUT2D eigenvalue weighted by Gasteiger charge is 2.25. The molecule has 0 spiro atoms. The Morgan fingerprint density at radius 2 is 1.88 bits per heavy atom. The molecular weight excluding hydrogens is 380 g/mol. The first kappa shape index (κ1) is 18.2. The number of hydrogen-bond donors (Lipinski definition) is 1. The summed E-state index contributed by atoms with van der Waals surface area (Å²) in [7, 11) is -3.77. The van der Waals surface area contributed by atoms with Gasteiger partial charge in [0.2, 0.25) is 0 Å². The number of likely N-dealkylation sites (tertiary alicyclic amines) is 1. The smallest absolute Gasteiger partial charge is 0.263 e. The maximum absolute atomic E-state index is 12.8. The summed E-state index contributed by atoms with van der Waals surface area (Å²) in [6, 6.07) is 6.27. The second-order valence-corrected chi connectivity index (χ2v) is 9.62. The summed E-state index contributed by atoms with van der Waals surface area (Å²) >= 11 is 7.46. The van der Waals surface area contributed by atoms with Crippen LogP contribution in [-0.2, 0) is 10.0 Å². The number of thiophene rings is 1. The number of nitrogens with zero attached hydrogens (tertiary/aromatic N) is 1. The summed E-state index contributed by atoms with van der Waals surface area (Å²) in [5.74, 6) is -0.198. The summed E-state index contributed by atoms with van der Waals surface area (Å²) in [5, 5.41) is 0.396. The van der Waals surface area contributed by atoms with Crippen LogP contribution in [0.25, 0.3) is 0 Å². The second-order valence-electron chi connectivity index (χ2n) is 6.07. The molecule has 1 amide bonds. The topological polar surface area (TPSA) is 66.5 Å². The maximum atomic E-state index is 12.8. The van der Waals surface area contributed by atoms with Gasteiger partial charge in [-0.1, -0.05) is 11.6 Å². The Bertz CT molecular complexity index is 916. The molecule has 0 aliphatic carbocycles. The van der Waals surface area contributed by atoms with Crippen LogP contribution >= 0.6 is 22.9 Å². The molecule has 134 valence electrons. The monoisotopic (exact) mass is 398 g/mol. The van der Waals surface area contributed by atoms with Crippen LogP contribution in [0.1, 0.15) is 33.0 Å². The van der Waals surface area contributed by atoms with E-state index in [0.29, 0.717) is 23.0 Å². The van der Waals surface area contributed by atoms with Crippen molar-refractivity contribution < 1.29 is 13.2 Å². The third-order valence-corrected chi connectivity index (χ3v) is 6.96. The Morgan fingerprint density at radius 1 is 1.20 bits per heavy atom. The third-order valence-electron chi connectivity index (χ3n) is 4.13. The Hall–Kier alpha value is -1.57. The molecule has 1 aromatic carbocycles. The number of amides is 1. The van der Waals surface area contributed by atoms with Crippen molar-refractivity contribution in [1.29, 1.82) is 0 Å². The molecular formula is C17H19ClN2O3S2. The number of rotatable bonds is 4. The van der Waals surface area contributed by atoms with E-state index in [1.165, 1.54) is 23.5 Å². The molecule has 0 unspecified atom stereocenters. The predicted molar refractivity (Wildman–Crippen MR) is 101 cm³/mol. The van der Waals surface area contributed by atoms with E-state index in [2.05, 4.69) is 4.72 Å². The average molecular weight is 399 g/mol. The number of aryl methyl sites for hydroxylation is 2. The van der Waals surface area contributed by atoms with Crippen LogP contribution in [0, 0.1) is 13.8 Å². The fraction of sp³-hybridized carbons (Fsp3) is 0.353. The quantitative estimate of drug-likeness (QED) is 0.844. The summed E-state index contributed by atoms with van der Waals surface area (Å²) in [6.45, 7) is 4.99. The van der Waals surface area contributed by atoms with Gasteiger partial charge in [-0.2, -0.15) is 0 Å². The molecule has 2 aromatic rings. The van der Waals surface area contributed by atoms with E-state index in [1.807, 2.05) is 6.92 Å². The summed E-state index contributed by atoms with van der Waals surface area (Å²) < 4.78 is 28.1. The van der Waals surface area contributed by atoms with Crippen LogP contribution in [0.15, 0.2) is 29.2 Å². The van der Waals surface area contributed by atoms with Gasteiger partial charge < -0.3 is 4.90 Å². The van der Waals surface area contributed by atoms with Crippen molar-refractivity contribution in [3.63, 3.8) is 0 Å². The lowest BCUT2D eigenvalue weighted by molar-refractivity contribution is 0.0794. The van der Waals surface area contributed by atoms with Crippen molar-refractivity contribution in [3.8, 4) is 0 Å². The fourth-order valence-electron chi connectivity index (χ4n) is 2.95. The molecule has 0 radical (unpaired) electrons. The third kappa shape index (κ3) is 3.83. The van der Waals surface area contributed by atoms with Gasteiger partial charge in [0.15, 0.2) is 0 Å². The lowest BCUT2D eigenvalue weighted by Gasteiger charge is -2.18. The van der Waals surface area contributed by atoms with Gasteiger partial charge in [0.1, 0.15) is 4.90 Å². The Labute approximate surface area is 156 Å². The minimum Gasteiger partial charge on any atom is -0.339 e. The van der Waals surface area contributed by atoms with Crippen LogP contribution in [0.3, 0.4) is 0 Å². The highest BCUT2D eigenvalue weighted by molar-refractivity contribution is 7.93. The zero-order chi connectivity index (χ0) is 18.2. The molecule has 1 aromatic heterocycles. The maximum Gasteiger partial charge on any atom is 0.263 e. The highest BCUT2D eigenvalue weighted by Crippen LogP contribution is 2.29. The number of anilines is 1. The lowest BCUT2D eigenvalue weighted by atomic mass is 10.1. The standard InChI is InChI=1S/C17H19ClN2O3S2/c1-11-9-16(12(2)24-11)25(22,23)19-15-6-5-13(18)10-14(15)17(21)20-7-3-4-8-20/h5-6,9-10,19H,3-4,7-8H2,1-2H3. The largest absolute Gasteiger partial charge is 0.339 e. The van der Waals surface area contributed by atoms with Crippen LogP contribution in [0.2, 0.25) is 5.02 Å². The van der Waals surface area contributed by atoms with Crippen molar-refractivity contribution in [2.45, 2.75) is 31.6 Å². The van der Waals surface area contributed by atoms with Gasteiger partial charge in [0, 0.05) is 27.9 Å². The Morgan fingerprint density at radius 3 is 2.48 bits per heavy atom. The number of nitrogens with one attached hydrogen (secondary N) is 1. The zero-order valence-corrected chi connectivity index (χ0v) is 16.4. The van der Waals surface area contributed by atoms with Crippen LogP contribution in [0.5, 0.6) is 0 Å². The first-order chi connectivity index (χ1) is 11.8. The van der Waals surface area contributed by atoms with Crippen LogP contribution in [-0.4, -0.2) is 32.3 Å². The predicted octanol–water partition coefficient (Wildman–Crippen LogP) is 4.06. The number of carbonyl (C=O) groups excluding carboxylic acids is 1. The van der Waals surface area contributed by atoms with E-state index >= 15 is 0 Å². The van der Waals surface area contributed by atoms with E-state index in [0.717, 1.165) is 17.7 Å². The van der Waals surface area contributed by atoms with Gasteiger partial charge in [0.05, 0.1) is 11.3 Å². The van der Waals surface area contributed by atoms with Crippen molar-refractivity contribution in [2.75, 3.05) is 17.8 Å². The molecule has 5 nitrogen and oxygen atoms in total. The van der Waals surface area contributed by atoms with E-state index in [9.17, 15) is 13.2 Å². The number of benzene rings is 1. The Kier molecular flexibility index (Phi) is 5.09. The molecule has 8 heteroatoms. The van der Waals surface area contributed by atoms with Crippen molar-refractivity contribution >= 4 is 44.6 Å². The normalized spacial score (nSPS) is 14.8.